The molecular weight excluding hydrogens is 230 g/mol. The van der Waals surface area contributed by atoms with E-state index in [4.69, 9.17) is 0 Å². The summed E-state index contributed by atoms with van der Waals surface area (Å²) < 4.78 is 0. The van der Waals surface area contributed by atoms with Crippen molar-refractivity contribution in [3.05, 3.63) is 35.4 Å². The second-order valence-electron chi connectivity index (χ2n) is 7.37. The molecule has 0 bridgehead atoms. The summed E-state index contributed by atoms with van der Waals surface area (Å²) in [7, 11) is 0. The van der Waals surface area contributed by atoms with Gasteiger partial charge in [-0.15, -0.1) is 0 Å². The van der Waals surface area contributed by atoms with Gasteiger partial charge in [0.1, 0.15) is 0 Å². The summed E-state index contributed by atoms with van der Waals surface area (Å²) in [5, 5.41) is 3.91. The molecule has 1 aliphatic rings. The Kier molecular flexibility index (Phi) is 4.35. The number of aryl methyl sites for hydroxylation is 1. The molecule has 1 fully saturated rings. The van der Waals surface area contributed by atoms with Crippen LogP contribution in [0.25, 0.3) is 0 Å². The first-order valence-electron chi connectivity index (χ1n) is 7.74. The van der Waals surface area contributed by atoms with Gasteiger partial charge in [0, 0.05) is 5.54 Å². The van der Waals surface area contributed by atoms with E-state index in [2.05, 4.69) is 57.3 Å². The third-order valence-corrected chi connectivity index (χ3v) is 4.24. The van der Waals surface area contributed by atoms with Gasteiger partial charge in [0.05, 0.1) is 0 Å². The van der Waals surface area contributed by atoms with Crippen molar-refractivity contribution in [2.75, 3.05) is 6.54 Å². The predicted molar refractivity (Wildman–Crippen MR) is 83.4 cm³/mol. The second-order valence-corrected chi connectivity index (χ2v) is 7.37. The van der Waals surface area contributed by atoms with E-state index >= 15 is 0 Å². The minimum atomic E-state index is 0.181. The van der Waals surface area contributed by atoms with E-state index in [1.807, 2.05) is 0 Å². The fourth-order valence-electron chi connectivity index (χ4n) is 3.64. The smallest absolute Gasteiger partial charge is 0.0442 e. The van der Waals surface area contributed by atoms with Crippen molar-refractivity contribution in [2.24, 2.45) is 5.41 Å². The van der Waals surface area contributed by atoms with E-state index in [0.717, 1.165) is 6.54 Å². The lowest BCUT2D eigenvalue weighted by Crippen LogP contribution is -2.45. The highest BCUT2D eigenvalue weighted by Gasteiger charge is 2.37. The number of rotatable bonds is 2. The van der Waals surface area contributed by atoms with Crippen LogP contribution in [0.2, 0.25) is 0 Å². The fourth-order valence-corrected chi connectivity index (χ4v) is 3.64. The summed E-state index contributed by atoms with van der Waals surface area (Å²) in [6.45, 7) is 10.5. The van der Waals surface area contributed by atoms with Gasteiger partial charge in [0.2, 0.25) is 0 Å². The molecule has 0 aliphatic carbocycles. The SMILES string of the molecule is Cc1ccccc1C1(CC(C)(C)C)CCCCCN1. The molecule has 1 N–H and O–H groups in total. The molecule has 19 heavy (non-hydrogen) atoms. The van der Waals surface area contributed by atoms with Gasteiger partial charge < -0.3 is 5.32 Å². The van der Waals surface area contributed by atoms with Gasteiger partial charge in [0.25, 0.3) is 0 Å². The zero-order valence-corrected chi connectivity index (χ0v) is 13.1. The summed E-state index contributed by atoms with van der Waals surface area (Å²) >= 11 is 0. The number of nitrogens with one attached hydrogen (secondary N) is 1. The van der Waals surface area contributed by atoms with Crippen LogP contribution in [0.1, 0.15) is 64.0 Å². The summed E-state index contributed by atoms with van der Waals surface area (Å²) in [5.74, 6) is 0. The molecular formula is C18H29N. The molecule has 0 amide bonds. The van der Waals surface area contributed by atoms with Crippen molar-refractivity contribution in [2.45, 2.75) is 65.3 Å². The first-order chi connectivity index (χ1) is 8.93. The first kappa shape index (κ1) is 14.6. The molecule has 0 spiro atoms. The van der Waals surface area contributed by atoms with Gasteiger partial charge in [-0.3, -0.25) is 0 Å². The monoisotopic (exact) mass is 259 g/mol. The molecule has 106 valence electrons. The lowest BCUT2D eigenvalue weighted by atomic mass is 9.72. The Morgan fingerprint density at radius 2 is 1.84 bits per heavy atom. The van der Waals surface area contributed by atoms with E-state index in [1.54, 1.807) is 0 Å². The topological polar surface area (TPSA) is 12.0 Å². The molecule has 1 heteroatoms. The van der Waals surface area contributed by atoms with Crippen LogP contribution in [0.3, 0.4) is 0 Å². The van der Waals surface area contributed by atoms with Crippen molar-refractivity contribution < 1.29 is 0 Å². The lowest BCUT2D eigenvalue weighted by molar-refractivity contribution is 0.201. The maximum absolute atomic E-state index is 3.91. The maximum Gasteiger partial charge on any atom is 0.0442 e. The Labute approximate surface area is 118 Å². The van der Waals surface area contributed by atoms with Gasteiger partial charge >= 0.3 is 0 Å². The Morgan fingerprint density at radius 3 is 2.53 bits per heavy atom. The molecule has 1 atom stereocenters. The molecule has 1 unspecified atom stereocenters. The van der Waals surface area contributed by atoms with Crippen molar-refractivity contribution in [3.63, 3.8) is 0 Å². The molecule has 1 nitrogen and oxygen atoms in total. The molecule has 0 aromatic heterocycles. The Bertz CT molecular complexity index is 406. The highest BCUT2D eigenvalue weighted by molar-refractivity contribution is 5.33. The minimum absolute atomic E-state index is 0.181. The van der Waals surface area contributed by atoms with Gasteiger partial charge in [-0.05, 0) is 49.3 Å². The third kappa shape index (κ3) is 3.60. The first-order valence-corrected chi connectivity index (χ1v) is 7.74. The van der Waals surface area contributed by atoms with E-state index in [0.29, 0.717) is 5.41 Å². The summed E-state index contributed by atoms with van der Waals surface area (Å²) in [6, 6.07) is 8.94. The van der Waals surface area contributed by atoms with Crippen LogP contribution in [0, 0.1) is 12.3 Å². The summed E-state index contributed by atoms with van der Waals surface area (Å²) in [6.07, 6.45) is 6.51. The molecule has 0 saturated carbocycles. The standard InChI is InChI=1S/C18H29N/c1-15-10-6-7-11-16(15)18(14-17(2,3)4)12-8-5-9-13-19-18/h6-7,10-11,19H,5,8-9,12-14H2,1-4H3. The Morgan fingerprint density at radius 1 is 1.11 bits per heavy atom. The molecule has 0 radical (unpaired) electrons. The third-order valence-electron chi connectivity index (χ3n) is 4.24. The zero-order valence-electron chi connectivity index (χ0n) is 13.1. The van der Waals surface area contributed by atoms with Crippen molar-refractivity contribution >= 4 is 0 Å². The molecule has 1 aliphatic heterocycles. The van der Waals surface area contributed by atoms with Crippen LogP contribution < -0.4 is 5.32 Å². The minimum Gasteiger partial charge on any atom is -0.307 e. The summed E-state index contributed by atoms with van der Waals surface area (Å²) in [4.78, 5) is 0. The van der Waals surface area contributed by atoms with E-state index < -0.39 is 0 Å². The summed E-state index contributed by atoms with van der Waals surface area (Å²) in [5.41, 5.74) is 3.48. The van der Waals surface area contributed by atoms with Crippen LogP contribution in [-0.4, -0.2) is 6.54 Å². The normalized spacial score (nSPS) is 25.1. The van der Waals surface area contributed by atoms with E-state index in [1.165, 1.54) is 43.2 Å². The van der Waals surface area contributed by atoms with Crippen LogP contribution >= 0.6 is 0 Å². The van der Waals surface area contributed by atoms with Crippen molar-refractivity contribution in [1.82, 2.24) is 5.32 Å². The quantitative estimate of drug-likeness (QED) is 0.805. The highest BCUT2D eigenvalue weighted by Crippen LogP contribution is 2.41. The van der Waals surface area contributed by atoms with Gasteiger partial charge in [-0.25, -0.2) is 0 Å². The van der Waals surface area contributed by atoms with Crippen LogP contribution in [-0.2, 0) is 5.54 Å². The van der Waals surface area contributed by atoms with Crippen LogP contribution in [0.4, 0.5) is 0 Å². The van der Waals surface area contributed by atoms with Crippen molar-refractivity contribution in [1.29, 1.82) is 0 Å². The van der Waals surface area contributed by atoms with Crippen LogP contribution in [0.15, 0.2) is 24.3 Å². The van der Waals surface area contributed by atoms with E-state index in [9.17, 15) is 0 Å². The molecule has 1 saturated heterocycles. The number of hydrogen-bond acceptors (Lipinski definition) is 1. The predicted octanol–water partition coefficient (Wildman–Crippen LogP) is 4.79. The molecule has 1 aromatic carbocycles. The largest absolute Gasteiger partial charge is 0.307 e. The van der Waals surface area contributed by atoms with E-state index in [-0.39, 0.29) is 5.54 Å². The second kappa shape index (κ2) is 5.66. The van der Waals surface area contributed by atoms with Crippen LogP contribution in [0.5, 0.6) is 0 Å². The number of benzene rings is 1. The Balaban J connectivity index is 2.41. The Hall–Kier alpha value is -0.820. The fraction of sp³-hybridized carbons (Fsp3) is 0.667. The maximum atomic E-state index is 3.91. The number of hydrogen-bond donors (Lipinski definition) is 1. The molecule has 2 rings (SSSR count). The van der Waals surface area contributed by atoms with Gasteiger partial charge in [-0.2, -0.15) is 0 Å². The molecule has 1 aromatic rings. The van der Waals surface area contributed by atoms with Crippen molar-refractivity contribution in [3.8, 4) is 0 Å². The highest BCUT2D eigenvalue weighted by atomic mass is 15.0. The average Bonchev–Trinajstić information content (AvgIpc) is 2.54. The average molecular weight is 259 g/mol. The lowest BCUT2D eigenvalue weighted by Gasteiger charge is -2.40. The van der Waals surface area contributed by atoms with Gasteiger partial charge in [-0.1, -0.05) is 57.9 Å². The zero-order chi connectivity index (χ0) is 13.9. The molecule has 1 heterocycles. The van der Waals surface area contributed by atoms with Gasteiger partial charge in [0.15, 0.2) is 0 Å².